The van der Waals surface area contributed by atoms with Gasteiger partial charge in [-0.1, -0.05) is 6.92 Å². The predicted octanol–water partition coefficient (Wildman–Crippen LogP) is 6.02. The zero-order valence-corrected chi connectivity index (χ0v) is 21.0. The van der Waals surface area contributed by atoms with Crippen molar-refractivity contribution >= 4 is 28.9 Å². The van der Waals surface area contributed by atoms with E-state index in [0.29, 0.717) is 43.0 Å². The van der Waals surface area contributed by atoms with Crippen LogP contribution in [-0.2, 0) is 10.4 Å². The third kappa shape index (κ3) is 5.09. The van der Waals surface area contributed by atoms with E-state index >= 15 is 0 Å². The summed E-state index contributed by atoms with van der Waals surface area (Å²) in [4.78, 5) is 26.2. The molecule has 5 rings (SSSR count). The third-order valence-corrected chi connectivity index (χ3v) is 8.66. The van der Waals surface area contributed by atoms with E-state index in [9.17, 15) is 15.0 Å². The van der Waals surface area contributed by atoms with Crippen LogP contribution in [0.4, 0.5) is 11.6 Å². The van der Waals surface area contributed by atoms with Crippen LogP contribution in [0, 0.1) is 18.8 Å². The molecule has 3 N–H and O–H groups in total. The number of anilines is 2. The Balaban J connectivity index is 1.36. The van der Waals surface area contributed by atoms with Crippen LogP contribution in [0.1, 0.15) is 73.9 Å². The lowest BCUT2D eigenvalue weighted by Crippen LogP contribution is -2.37. The van der Waals surface area contributed by atoms with Crippen LogP contribution in [0.5, 0.6) is 0 Å². The standard InChI is InChI=1S/C27H32N4O3S/c1-3-27(34,20-8-6-18(7-9-20)25(32)33)26-29-15-22(35-26)21-12-16(2)13-24(30-21)31-23-14-19(10-11-28-23)17-4-5-17/h10-15,17-18,20,34H,3-9H2,1-2H3,(H,32,33)(H,28,30,31). The lowest BCUT2D eigenvalue weighted by Gasteiger charge is -2.37. The number of nitrogens with one attached hydrogen (secondary N) is 1. The first kappa shape index (κ1) is 23.9. The smallest absolute Gasteiger partial charge is 0.306 e. The summed E-state index contributed by atoms with van der Waals surface area (Å²) >= 11 is 1.47. The summed E-state index contributed by atoms with van der Waals surface area (Å²) in [5.74, 6) is 1.15. The van der Waals surface area contributed by atoms with E-state index in [4.69, 9.17) is 4.98 Å². The minimum atomic E-state index is -1.05. The molecule has 2 saturated carbocycles. The minimum Gasteiger partial charge on any atom is -0.481 e. The lowest BCUT2D eigenvalue weighted by molar-refractivity contribution is -0.144. The average Bonchev–Trinajstić information content (AvgIpc) is 3.59. The number of aliphatic hydroxyl groups is 1. The Morgan fingerprint density at radius 2 is 1.89 bits per heavy atom. The summed E-state index contributed by atoms with van der Waals surface area (Å²) in [6.07, 6.45) is 9.26. The van der Waals surface area contributed by atoms with Crippen molar-refractivity contribution in [2.24, 2.45) is 11.8 Å². The molecule has 2 aliphatic rings. The van der Waals surface area contributed by atoms with Crippen molar-refractivity contribution in [2.45, 2.75) is 70.3 Å². The molecule has 2 fully saturated rings. The molecule has 0 aromatic carbocycles. The first-order valence-electron chi connectivity index (χ1n) is 12.5. The molecule has 0 radical (unpaired) electrons. The number of nitrogens with zero attached hydrogens (tertiary/aromatic N) is 3. The van der Waals surface area contributed by atoms with Gasteiger partial charge >= 0.3 is 5.97 Å². The molecule has 35 heavy (non-hydrogen) atoms. The van der Waals surface area contributed by atoms with E-state index in [1.807, 2.05) is 32.2 Å². The highest BCUT2D eigenvalue weighted by Crippen LogP contribution is 2.45. The fourth-order valence-electron chi connectivity index (χ4n) is 5.20. The largest absolute Gasteiger partial charge is 0.481 e. The quantitative estimate of drug-likeness (QED) is 0.353. The number of rotatable bonds is 8. The van der Waals surface area contributed by atoms with Gasteiger partial charge in [-0.25, -0.2) is 15.0 Å². The zero-order chi connectivity index (χ0) is 24.6. The normalized spacial score (nSPS) is 21.9. The Labute approximate surface area is 209 Å². The number of thiazole rings is 1. The van der Waals surface area contributed by atoms with Crippen molar-refractivity contribution in [1.82, 2.24) is 15.0 Å². The van der Waals surface area contributed by atoms with Gasteiger partial charge in [-0.3, -0.25) is 4.79 Å². The fourth-order valence-corrected chi connectivity index (χ4v) is 6.32. The molecule has 0 bridgehead atoms. The van der Waals surface area contributed by atoms with Crippen molar-refractivity contribution in [2.75, 3.05) is 5.32 Å². The van der Waals surface area contributed by atoms with E-state index in [0.717, 1.165) is 27.8 Å². The van der Waals surface area contributed by atoms with E-state index in [-0.39, 0.29) is 11.8 Å². The molecule has 3 heterocycles. The first-order valence-corrected chi connectivity index (χ1v) is 13.3. The van der Waals surface area contributed by atoms with E-state index in [2.05, 4.69) is 27.4 Å². The summed E-state index contributed by atoms with van der Waals surface area (Å²) in [5, 5.41) is 25.0. The topological polar surface area (TPSA) is 108 Å². The number of hydrogen-bond donors (Lipinski definition) is 3. The van der Waals surface area contributed by atoms with E-state index < -0.39 is 11.6 Å². The third-order valence-electron chi connectivity index (χ3n) is 7.48. The molecule has 0 aliphatic heterocycles. The molecule has 7 nitrogen and oxygen atoms in total. The summed E-state index contributed by atoms with van der Waals surface area (Å²) in [7, 11) is 0. The maximum absolute atomic E-state index is 11.6. The highest BCUT2D eigenvalue weighted by molar-refractivity contribution is 7.15. The Kier molecular flexibility index (Phi) is 6.59. The van der Waals surface area contributed by atoms with Gasteiger partial charge in [0.2, 0.25) is 0 Å². The lowest BCUT2D eigenvalue weighted by atomic mass is 9.72. The number of carboxylic acid groups (broad SMARTS) is 1. The van der Waals surface area contributed by atoms with Gasteiger partial charge in [0.15, 0.2) is 0 Å². The van der Waals surface area contributed by atoms with Crippen LogP contribution >= 0.6 is 11.3 Å². The molecular formula is C27H32N4O3S. The number of carbonyl (C=O) groups is 1. The van der Waals surface area contributed by atoms with Gasteiger partial charge in [-0.15, -0.1) is 11.3 Å². The van der Waals surface area contributed by atoms with Crippen LogP contribution in [0.2, 0.25) is 0 Å². The van der Waals surface area contributed by atoms with Crippen LogP contribution in [-0.4, -0.2) is 31.1 Å². The molecule has 1 unspecified atom stereocenters. The number of aryl methyl sites for hydroxylation is 1. The minimum absolute atomic E-state index is 0.00890. The Bertz CT molecular complexity index is 1220. The first-order chi connectivity index (χ1) is 16.9. The van der Waals surface area contributed by atoms with Crippen LogP contribution in [0.25, 0.3) is 10.6 Å². The van der Waals surface area contributed by atoms with E-state index in [1.54, 1.807) is 6.20 Å². The Morgan fingerprint density at radius 3 is 2.57 bits per heavy atom. The maximum atomic E-state index is 11.6. The fraction of sp³-hybridized carbons (Fsp3) is 0.481. The van der Waals surface area contributed by atoms with Gasteiger partial charge in [0.25, 0.3) is 0 Å². The summed E-state index contributed by atoms with van der Waals surface area (Å²) in [6, 6.07) is 8.21. The molecule has 2 aliphatic carbocycles. The van der Waals surface area contributed by atoms with Crippen molar-refractivity contribution in [3.63, 3.8) is 0 Å². The molecule has 0 amide bonds. The molecular weight excluding hydrogens is 460 g/mol. The molecule has 184 valence electrons. The summed E-state index contributed by atoms with van der Waals surface area (Å²) < 4.78 is 0. The monoisotopic (exact) mass is 492 g/mol. The molecule has 8 heteroatoms. The Hall–Kier alpha value is -2.84. The molecule has 1 atom stereocenters. The predicted molar refractivity (Wildman–Crippen MR) is 137 cm³/mol. The molecule has 3 aromatic rings. The number of pyridine rings is 2. The average molecular weight is 493 g/mol. The van der Waals surface area contributed by atoms with Crippen LogP contribution < -0.4 is 5.32 Å². The van der Waals surface area contributed by atoms with Gasteiger partial charge in [-0.2, -0.15) is 0 Å². The summed E-state index contributed by atoms with van der Waals surface area (Å²) in [5.41, 5.74) is 2.15. The molecule has 0 saturated heterocycles. The van der Waals surface area contributed by atoms with Gasteiger partial charge < -0.3 is 15.5 Å². The highest BCUT2D eigenvalue weighted by atomic mass is 32.1. The van der Waals surface area contributed by atoms with Crippen molar-refractivity contribution in [3.05, 3.63) is 52.8 Å². The second kappa shape index (κ2) is 9.66. The van der Waals surface area contributed by atoms with Crippen molar-refractivity contribution in [1.29, 1.82) is 0 Å². The summed E-state index contributed by atoms with van der Waals surface area (Å²) in [6.45, 7) is 4.01. The van der Waals surface area contributed by atoms with Gasteiger partial charge in [0.05, 0.1) is 16.5 Å². The highest BCUT2D eigenvalue weighted by Gasteiger charge is 2.42. The van der Waals surface area contributed by atoms with Crippen LogP contribution in [0.15, 0.2) is 36.7 Å². The number of aromatic nitrogens is 3. The second-order valence-corrected chi connectivity index (χ2v) is 11.0. The van der Waals surface area contributed by atoms with Crippen LogP contribution in [0.3, 0.4) is 0 Å². The molecule has 3 aromatic heterocycles. The zero-order valence-electron chi connectivity index (χ0n) is 20.2. The van der Waals surface area contributed by atoms with Gasteiger partial charge in [0, 0.05) is 12.4 Å². The number of carboxylic acids is 1. The van der Waals surface area contributed by atoms with Crippen molar-refractivity contribution in [3.8, 4) is 10.6 Å². The second-order valence-electron chi connectivity index (χ2n) is 9.98. The van der Waals surface area contributed by atoms with E-state index in [1.165, 1.54) is 29.7 Å². The Morgan fingerprint density at radius 1 is 1.11 bits per heavy atom. The van der Waals surface area contributed by atoms with Gasteiger partial charge in [0.1, 0.15) is 22.2 Å². The number of hydrogen-bond acceptors (Lipinski definition) is 7. The van der Waals surface area contributed by atoms with Gasteiger partial charge in [-0.05, 0) is 99.1 Å². The van der Waals surface area contributed by atoms with Crippen molar-refractivity contribution < 1.29 is 15.0 Å². The maximum Gasteiger partial charge on any atom is 0.306 e. The number of aliphatic carboxylic acids is 1. The SMILES string of the molecule is CCC(O)(c1ncc(-c2cc(C)cc(Nc3cc(C4CC4)ccn3)n2)s1)C1CCC(C(=O)O)CC1. The molecule has 0 spiro atoms.